The van der Waals surface area contributed by atoms with Crippen LogP contribution in [0.25, 0.3) is 0 Å². The summed E-state index contributed by atoms with van der Waals surface area (Å²) in [5, 5.41) is 8.75. The van der Waals surface area contributed by atoms with Crippen LogP contribution in [0.4, 0.5) is 0 Å². The Labute approximate surface area is 59.0 Å². The maximum absolute atomic E-state index is 9.56. The van der Waals surface area contributed by atoms with Gasteiger partial charge in [0.25, 0.3) is 5.09 Å². The summed E-state index contributed by atoms with van der Waals surface area (Å²) < 4.78 is 4.80. The van der Waals surface area contributed by atoms with E-state index in [2.05, 4.69) is 11.8 Å². The smallest absolute Gasteiger partial charge is 0.294 e. The molecule has 5 heteroatoms. The van der Waals surface area contributed by atoms with Gasteiger partial charge in [-0.3, -0.25) is 0 Å². The number of hydrogen-bond donors (Lipinski definition) is 0. The molecule has 0 aliphatic rings. The highest BCUT2D eigenvalue weighted by Gasteiger charge is 1.92. The topological polar surface area (TPSA) is 61.6 Å². The van der Waals surface area contributed by atoms with Crippen molar-refractivity contribution in [1.82, 2.24) is 0 Å². The van der Waals surface area contributed by atoms with Crippen LogP contribution in [0.2, 0.25) is 0 Å². The van der Waals surface area contributed by atoms with Gasteiger partial charge < -0.3 is 9.57 Å². The van der Waals surface area contributed by atoms with Gasteiger partial charge in [0, 0.05) is 13.2 Å². The zero-order valence-corrected chi connectivity index (χ0v) is 5.62. The van der Waals surface area contributed by atoms with Gasteiger partial charge in [-0.2, -0.15) is 0 Å². The SMILES string of the molecule is [CH2]COCCCO[N+](=O)[O-]. The van der Waals surface area contributed by atoms with Crippen molar-refractivity contribution >= 4 is 0 Å². The molecule has 59 valence electrons. The maximum atomic E-state index is 9.56. The largest absolute Gasteiger partial charge is 0.381 e. The number of nitrogens with zero attached hydrogens (tertiary/aromatic N) is 1. The van der Waals surface area contributed by atoms with Gasteiger partial charge >= 0.3 is 0 Å². The van der Waals surface area contributed by atoms with Gasteiger partial charge in [-0.1, -0.05) is 0 Å². The first-order valence-electron chi connectivity index (χ1n) is 2.91. The van der Waals surface area contributed by atoms with Crippen LogP contribution in [0.5, 0.6) is 0 Å². The molecule has 0 rings (SSSR count). The molecular formula is C5H10NO4. The minimum Gasteiger partial charge on any atom is -0.381 e. The Kier molecular flexibility index (Phi) is 5.75. The lowest BCUT2D eigenvalue weighted by Gasteiger charge is -1.98. The second-order valence-electron chi connectivity index (χ2n) is 1.52. The summed E-state index contributed by atoms with van der Waals surface area (Å²) in [6, 6.07) is 0. The highest BCUT2D eigenvalue weighted by Crippen LogP contribution is 1.84. The molecule has 0 aliphatic carbocycles. The van der Waals surface area contributed by atoms with E-state index in [4.69, 9.17) is 4.74 Å². The number of hydrogen-bond acceptors (Lipinski definition) is 4. The fourth-order valence-corrected chi connectivity index (χ4v) is 0.402. The van der Waals surface area contributed by atoms with Crippen molar-refractivity contribution in [2.24, 2.45) is 0 Å². The predicted octanol–water partition coefficient (Wildman–Crippen LogP) is 0.435. The molecule has 0 aliphatic heterocycles. The van der Waals surface area contributed by atoms with Crippen LogP contribution in [0, 0.1) is 17.0 Å². The average molecular weight is 148 g/mol. The van der Waals surface area contributed by atoms with E-state index in [1.54, 1.807) is 0 Å². The molecule has 0 saturated carbocycles. The molecule has 0 atom stereocenters. The highest BCUT2D eigenvalue weighted by atomic mass is 16.9. The molecule has 1 radical (unpaired) electrons. The zero-order valence-electron chi connectivity index (χ0n) is 5.62. The summed E-state index contributed by atoms with van der Waals surface area (Å²) in [6.45, 7) is 4.35. The first-order valence-corrected chi connectivity index (χ1v) is 2.91. The van der Waals surface area contributed by atoms with E-state index in [1.165, 1.54) is 0 Å². The molecule has 5 nitrogen and oxygen atoms in total. The highest BCUT2D eigenvalue weighted by molar-refractivity contribution is 4.33. The van der Waals surface area contributed by atoms with Crippen LogP contribution < -0.4 is 0 Å². The van der Waals surface area contributed by atoms with E-state index in [-0.39, 0.29) is 6.61 Å². The second-order valence-corrected chi connectivity index (χ2v) is 1.52. The molecule has 0 aromatic heterocycles. The fourth-order valence-electron chi connectivity index (χ4n) is 0.402. The van der Waals surface area contributed by atoms with Crippen LogP contribution in [-0.2, 0) is 9.57 Å². The van der Waals surface area contributed by atoms with Crippen LogP contribution in [-0.4, -0.2) is 24.9 Å². The molecule has 0 amide bonds. The minimum atomic E-state index is -0.815. The minimum absolute atomic E-state index is 0.0903. The first-order chi connectivity index (χ1) is 4.77. The van der Waals surface area contributed by atoms with Crippen molar-refractivity contribution in [3.8, 4) is 0 Å². The zero-order chi connectivity index (χ0) is 7.82. The monoisotopic (exact) mass is 148 g/mol. The first kappa shape index (κ1) is 9.16. The average Bonchev–Trinajstić information content (AvgIpc) is 1.87. The van der Waals surface area contributed by atoms with Crippen LogP contribution >= 0.6 is 0 Å². The van der Waals surface area contributed by atoms with Crippen molar-refractivity contribution in [2.75, 3.05) is 19.8 Å². The van der Waals surface area contributed by atoms with E-state index in [0.29, 0.717) is 19.6 Å². The normalized spacial score (nSPS) is 9.30. The van der Waals surface area contributed by atoms with Crippen LogP contribution in [0.15, 0.2) is 0 Å². The van der Waals surface area contributed by atoms with Crippen molar-refractivity contribution < 1.29 is 14.7 Å². The van der Waals surface area contributed by atoms with Crippen LogP contribution in [0.3, 0.4) is 0 Å². The van der Waals surface area contributed by atoms with Gasteiger partial charge in [-0.05, 0) is 13.3 Å². The Hall–Kier alpha value is -0.840. The summed E-state index contributed by atoms with van der Waals surface area (Å²) >= 11 is 0. The lowest BCUT2D eigenvalue weighted by molar-refractivity contribution is -0.757. The van der Waals surface area contributed by atoms with Crippen molar-refractivity contribution in [3.05, 3.63) is 17.0 Å². The van der Waals surface area contributed by atoms with Crippen molar-refractivity contribution in [1.29, 1.82) is 0 Å². The summed E-state index contributed by atoms with van der Waals surface area (Å²) in [4.78, 5) is 13.6. The lowest BCUT2D eigenvalue weighted by atomic mass is 10.5. The van der Waals surface area contributed by atoms with Crippen molar-refractivity contribution in [3.63, 3.8) is 0 Å². The molecule has 0 aromatic rings. The van der Waals surface area contributed by atoms with E-state index in [0.717, 1.165) is 0 Å². The summed E-state index contributed by atoms with van der Waals surface area (Å²) in [7, 11) is 0. The molecule has 0 unspecified atom stereocenters. The molecule has 0 heterocycles. The molecular weight excluding hydrogens is 138 g/mol. The Morgan fingerprint density at radius 2 is 2.20 bits per heavy atom. The molecule has 0 fully saturated rings. The van der Waals surface area contributed by atoms with Crippen molar-refractivity contribution in [2.45, 2.75) is 6.42 Å². The Morgan fingerprint density at radius 3 is 2.70 bits per heavy atom. The van der Waals surface area contributed by atoms with Gasteiger partial charge in [-0.25, -0.2) is 0 Å². The van der Waals surface area contributed by atoms with E-state index < -0.39 is 5.09 Å². The molecule has 0 spiro atoms. The Morgan fingerprint density at radius 1 is 1.50 bits per heavy atom. The fraction of sp³-hybridized carbons (Fsp3) is 0.800. The van der Waals surface area contributed by atoms with Gasteiger partial charge in [0.2, 0.25) is 0 Å². The van der Waals surface area contributed by atoms with Gasteiger partial charge in [0.15, 0.2) is 0 Å². The maximum Gasteiger partial charge on any atom is 0.294 e. The summed E-state index contributed by atoms with van der Waals surface area (Å²) in [5.41, 5.74) is 0. The van der Waals surface area contributed by atoms with Crippen LogP contribution in [0.1, 0.15) is 6.42 Å². The molecule has 0 N–H and O–H groups in total. The van der Waals surface area contributed by atoms with E-state index >= 15 is 0 Å². The summed E-state index contributed by atoms with van der Waals surface area (Å²) in [5.74, 6) is 0. The number of ether oxygens (including phenoxy) is 1. The molecule has 10 heavy (non-hydrogen) atoms. The third kappa shape index (κ3) is 7.16. The molecule has 0 aromatic carbocycles. The van der Waals surface area contributed by atoms with E-state index in [1.807, 2.05) is 0 Å². The van der Waals surface area contributed by atoms with E-state index in [9.17, 15) is 10.1 Å². The predicted molar refractivity (Wildman–Crippen MR) is 33.7 cm³/mol. The Bertz CT molecular complexity index is 95.6. The second kappa shape index (κ2) is 6.28. The Balaban J connectivity index is 2.84. The third-order valence-electron chi connectivity index (χ3n) is 0.774. The molecule has 0 bridgehead atoms. The number of rotatable bonds is 6. The third-order valence-corrected chi connectivity index (χ3v) is 0.774. The summed E-state index contributed by atoms with van der Waals surface area (Å²) in [6.07, 6.45) is 0.524. The van der Waals surface area contributed by atoms with Gasteiger partial charge in [0.05, 0.1) is 6.61 Å². The van der Waals surface area contributed by atoms with Gasteiger partial charge in [-0.15, -0.1) is 10.1 Å². The van der Waals surface area contributed by atoms with Gasteiger partial charge in [0.1, 0.15) is 0 Å². The molecule has 0 saturated heterocycles. The standard InChI is InChI=1S/C5H10NO4/c1-2-9-4-3-5-10-6(7)8/h1-5H2. The quantitative estimate of drug-likeness (QED) is 0.311. The lowest BCUT2D eigenvalue weighted by Crippen LogP contribution is -2.05.